The number of rotatable bonds is 8. The molecular weight excluding hydrogens is 472 g/mol. The molecule has 3 aromatic rings. The smallest absolute Gasteiger partial charge is 0.0991 e. The third kappa shape index (κ3) is 5.70. The second kappa shape index (κ2) is 12.0. The van der Waals surface area contributed by atoms with Gasteiger partial charge in [-0.3, -0.25) is 4.90 Å². The maximum absolute atomic E-state index is 10.3. The van der Waals surface area contributed by atoms with Crippen LogP contribution in [0.5, 0.6) is 0 Å². The molecule has 3 aromatic carbocycles. The molecule has 1 aliphatic heterocycles. The molecule has 2 atom stereocenters. The standard InChI is InChI=1S/C29H29ClN4O2/c30-26-16-21(2-1-15-35)7-12-27(26)34-14-13-33(19-28(34)24-8-3-22(17-31)4-9-24)29(20-36)25-10-5-23(18-32)6-11-25/h3-12,16,28-29,35-36H,1-2,13-15,19-20H2/t28-,29-/m0/s1. The lowest BCUT2D eigenvalue weighted by Crippen LogP contribution is -2.50. The summed E-state index contributed by atoms with van der Waals surface area (Å²) < 4.78 is 0. The van der Waals surface area contributed by atoms with E-state index < -0.39 is 0 Å². The molecule has 1 fully saturated rings. The number of hydrogen-bond donors (Lipinski definition) is 2. The van der Waals surface area contributed by atoms with E-state index in [9.17, 15) is 10.4 Å². The Morgan fingerprint density at radius 3 is 2.17 bits per heavy atom. The number of anilines is 1. The van der Waals surface area contributed by atoms with Gasteiger partial charge in [0.25, 0.3) is 0 Å². The van der Waals surface area contributed by atoms with Crippen molar-refractivity contribution in [1.82, 2.24) is 4.90 Å². The molecule has 0 saturated carbocycles. The third-order valence-corrected chi connectivity index (χ3v) is 7.12. The Balaban J connectivity index is 1.65. The summed E-state index contributed by atoms with van der Waals surface area (Å²) in [6, 6.07) is 25.2. The minimum absolute atomic E-state index is 0.0354. The van der Waals surface area contributed by atoms with Crippen LogP contribution in [-0.2, 0) is 6.42 Å². The molecule has 1 aliphatic rings. The number of benzene rings is 3. The number of halogens is 1. The molecule has 4 rings (SSSR count). The van der Waals surface area contributed by atoms with Gasteiger partial charge in [-0.25, -0.2) is 0 Å². The normalized spacial score (nSPS) is 16.8. The fourth-order valence-corrected chi connectivity index (χ4v) is 5.19. The van der Waals surface area contributed by atoms with E-state index in [1.54, 1.807) is 12.1 Å². The highest BCUT2D eigenvalue weighted by Crippen LogP contribution is 2.38. The van der Waals surface area contributed by atoms with Gasteiger partial charge in [0.15, 0.2) is 0 Å². The van der Waals surface area contributed by atoms with Gasteiger partial charge in [-0.1, -0.05) is 41.9 Å². The van der Waals surface area contributed by atoms with Crippen LogP contribution in [0.4, 0.5) is 5.69 Å². The van der Waals surface area contributed by atoms with Gasteiger partial charge in [-0.05, 0) is 65.9 Å². The van der Waals surface area contributed by atoms with E-state index in [1.165, 1.54) is 0 Å². The Morgan fingerprint density at radius 1 is 0.917 bits per heavy atom. The first-order chi connectivity index (χ1) is 17.6. The van der Waals surface area contributed by atoms with Gasteiger partial charge in [0, 0.05) is 26.2 Å². The molecule has 0 amide bonds. The zero-order valence-corrected chi connectivity index (χ0v) is 20.8. The highest BCUT2D eigenvalue weighted by Gasteiger charge is 2.33. The summed E-state index contributed by atoms with van der Waals surface area (Å²) in [5.74, 6) is 0. The van der Waals surface area contributed by atoms with E-state index in [0.29, 0.717) is 35.7 Å². The summed E-state index contributed by atoms with van der Waals surface area (Å²) in [7, 11) is 0. The first kappa shape index (κ1) is 25.7. The maximum Gasteiger partial charge on any atom is 0.0991 e. The van der Waals surface area contributed by atoms with Crippen LogP contribution >= 0.6 is 11.6 Å². The summed E-state index contributed by atoms with van der Waals surface area (Å²) >= 11 is 6.77. The maximum atomic E-state index is 10.3. The monoisotopic (exact) mass is 500 g/mol. The molecule has 0 aromatic heterocycles. The van der Waals surface area contributed by atoms with E-state index >= 15 is 0 Å². The number of aliphatic hydroxyl groups excluding tert-OH is 2. The molecule has 1 heterocycles. The van der Waals surface area contributed by atoms with Gasteiger partial charge in [0.1, 0.15) is 0 Å². The summed E-state index contributed by atoms with van der Waals surface area (Å²) in [4.78, 5) is 4.56. The van der Waals surface area contributed by atoms with Gasteiger partial charge in [-0.15, -0.1) is 0 Å². The zero-order chi connectivity index (χ0) is 25.5. The van der Waals surface area contributed by atoms with E-state index in [0.717, 1.165) is 35.3 Å². The third-order valence-electron chi connectivity index (χ3n) is 6.82. The van der Waals surface area contributed by atoms with Crippen LogP contribution in [0.3, 0.4) is 0 Å². The van der Waals surface area contributed by atoms with Crippen LogP contribution in [0.2, 0.25) is 5.02 Å². The van der Waals surface area contributed by atoms with Crippen molar-refractivity contribution in [1.29, 1.82) is 10.5 Å². The van der Waals surface area contributed by atoms with Crippen LogP contribution in [-0.4, -0.2) is 48.0 Å². The molecule has 1 saturated heterocycles. The van der Waals surface area contributed by atoms with E-state index in [-0.39, 0.29) is 25.3 Å². The number of nitriles is 2. The fraction of sp³-hybridized carbons (Fsp3) is 0.310. The Bertz CT molecular complexity index is 1250. The summed E-state index contributed by atoms with van der Waals surface area (Å²) in [6.45, 7) is 2.19. The van der Waals surface area contributed by atoms with Crippen molar-refractivity contribution in [3.05, 3.63) is 99.6 Å². The first-order valence-corrected chi connectivity index (χ1v) is 12.5. The zero-order valence-electron chi connectivity index (χ0n) is 20.0. The second-order valence-electron chi connectivity index (χ2n) is 8.98. The lowest BCUT2D eigenvalue weighted by molar-refractivity contribution is 0.103. The van der Waals surface area contributed by atoms with Crippen molar-refractivity contribution in [3.8, 4) is 12.1 Å². The van der Waals surface area contributed by atoms with Crippen LogP contribution in [0, 0.1) is 22.7 Å². The molecule has 0 spiro atoms. The molecule has 0 aliphatic carbocycles. The van der Waals surface area contributed by atoms with Crippen molar-refractivity contribution < 1.29 is 10.2 Å². The van der Waals surface area contributed by atoms with E-state index in [2.05, 4.69) is 28.0 Å². The number of piperazine rings is 1. The first-order valence-electron chi connectivity index (χ1n) is 12.1. The molecule has 0 bridgehead atoms. The van der Waals surface area contributed by atoms with Crippen molar-refractivity contribution in [2.45, 2.75) is 24.9 Å². The average Bonchev–Trinajstić information content (AvgIpc) is 2.93. The Hall–Kier alpha value is -3.39. The lowest BCUT2D eigenvalue weighted by atomic mass is 9.96. The summed E-state index contributed by atoms with van der Waals surface area (Å²) in [5.41, 5.74) is 5.26. The van der Waals surface area contributed by atoms with Crippen molar-refractivity contribution in [3.63, 3.8) is 0 Å². The lowest BCUT2D eigenvalue weighted by Gasteiger charge is -2.46. The predicted molar refractivity (Wildman–Crippen MR) is 141 cm³/mol. The van der Waals surface area contributed by atoms with Crippen molar-refractivity contribution in [2.24, 2.45) is 0 Å². The van der Waals surface area contributed by atoms with E-state index in [1.807, 2.05) is 48.5 Å². The van der Waals surface area contributed by atoms with E-state index in [4.69, 9.17) is 22.0 Å². The van der Waals surface area contributed by atoms with Crippen LogP contribution < -0.4 is 4.90 Å². The van der Waals surface area contributed by atoms with Crippen molar-refractivity contribution in [2.75, 3.05) is 37.7 Å². The van der Waals surface area contributed by atoms with Gasteiger partial charge in [0.2, 0.25) is 0 Å². The Labute approximate surface area is 217 Å². The minimum Gasteiger partial charge on any atom is -0.396 e. The van der Waals surface area contributed by atoms with Crippen LogP contribution in [0.1, 0.15) is 46.3 Å². The fourth-order valence-electron chi connectivity index (χ4n) is 4.87. The molecule has 0 unspecified atom stereocenters. The second-order valence-corrected chi connectivity index (χ2v) is 9.39. The van der Waals surface area contributed by atoms with Crippen molar-refractivity contribution >= 4 is 17.3 Å². The Morgan fingerprint density at radius 2 is 1.58 bits per heavy atom. The van der Waals surface area contributed by atoms with Crippen LogP contribution in [0.15, 0.2) is 66.7 Å². The summed E-state index contributed by atoms with van der Waals surface area (Å²) in [5, 5.41) is 38.5. The highest BCUT2D eigenvalue weighted by atomic mass is 35.5. The number of aryl methyl sites for hydroxylation is 1. The molecule has 6 nitrogen and oxygen atoms in total. The molecule has 2 N–H and O–H groups in total. The number of hydrogen-bond acceptors (Lipinski definition) is 6. The molecule has 184 valence electrons. The van der Waals surface area contributed by atoms with Gasteiger partial charge >= 0.3 is 0 Å². The molecular formula is C29H29ClN4O2. The Kier molecular flexibility index (Phi) is 8.59. The average molecular weight is 501 g/mol. The largest absolute Gasteiger partial charge is 0.396 e. The topological polar surface area (TPSA) is 94.5 Å². The minimum atomic E-state index is -0.197. The van der Waals surface area contributed by atoms with Gasteiger partial charge in [0.05, 0.1) is 52.7 Å². The molecule has 7 heteroatoms. The summed E-state index contributed by atoms with van der Waals surface area (Å²) in [6.07, 6.45) is 1.46. The molecule has 0 radical (unpaired) electrons. The van der Waals surface area contributed by atoms with Crippen LogP contribution in [0.25, 0.3) is 0 Å². The molecule has 36 heavy (non-hydrogen) atoms. The quantitative estimate of drug-likeness (QED) is 0.469. The number of aliphatic hydroxyl groups is 2. The number of nitrogens with zero attached hydrogens (tertiary/aromatic N) is 4. The van der Waals surface area contributed by atoms with Gasteiger partial charge in [-0.2, -0.15) is 10.5 Å². The predicted octanol–water partition coefficient (Wildman–Crippen LogP) is 4.61. The van der Waals surface area contributed by atoms with Gasteiger partial charge < -0.3 is 15.1 Å². The SMILES string of the molecule is N#Cc1ccc([C@H](CO)N2CCN(c3ccc(CCCO)cc3Cl)[C@H](c3ccc(C#N)cc3)C2)cc1. The highest BCUT2D eigenvalue weighted by molar-refractivity contribution is 6.33.